The van der Waals surface area contributed by atoms with Gasteiger partial charge in [-0.25, -0.2) is 0 Å². The van der Waals surface area contributed by atoms with E-state index in [1.54, 1.807) is 37.4 Å². The minimum absolute atomic E-state index is 0.0196. The molecule has 0 aromatic carbocycles. The van der Waals surface area contributed by atoms with Crippen molar-refractivity contribution < 1.29 is 14.3 Å². The number of aryl methyl sites for hydroxylation is 1. The molecule has 3 rings (SSSR count). The quantitative estimate of drug-likeness (QED) is 0.728. The van der Waals surface area contributed by atoms with Crippen LogP contribution in [0.2, 0.25) is 0 Å². The topological polar surface area (TPSA) is 106 Å². The van der Waals surface area contributed by atoms with Gasteiger partial charge in [0.1, 0.15) is 28.3 Å². The van der Waals surface area contributed by atoms with E-state index in [1.165, 1.54) is 22.3 Å². The number of thiophene rings is 1. The van der Waals surface area contributed by atoms with Crippen LogP contribution in [0.5, 0.6) is 0 Å². The van der Waals surface area contributed by atoms with Crippen LogP contribution >= 0.6 is 11.3 Å². The molecule has 0 aliphatic rings. The van der Waals surface area contributed by atoms with E-state index < -0.39 is 5.60 Å². The second-order valence-corrected chi connectivity index (χ2v) is 6.17. The van der Waals surface area contributed by atoms with Crippen LogP contribution in [0.15, 0.2) is 34.3 Å². The highest BCUT2D eigenvalue weighted by molar-refractivity contribution is 7.12. The lowest BCUT2D eigenvalue weighted by Crippen LogP contribution is -2.38. The van der Waals surface area contributed by atoms with E-state index in [-0.39, 0.29) is 12.5 Å². The summed E-state index contributed by atoms with van der Waals surface area (Å²) in [7, 11) is 0. The number of aliphatic hydroxyl groups is 1. The van der Waals surface area contributed by atoms with Crippen molar-refractivity contribution in [2.45, 2.75) is 19.4 Å². The zero-order chi connectivity index (χ0) is 16.4. The molecule has 0 saturated carbocycles. The summed E-state index contributed by atoms with van der Waals surface area (Å²) in [5, 5.41) is 25.8. The molecule has 23 heavy (non-hydrogen) atoms. The summed E-state index contributed by atoms with van der Waals surface area (Å²) in [4.78, 5) is 12.8. The molecule has 3 aromatic rings. The highest BCUT2D eigenvalue weighted by Gasteiger charge is 2.28. The van der Waals surface area contributed by atoms with Crippen LogP contribution in [0.4, 0.5) is 0 Å². The number of rotatable bonds is 5. The molecular weight excluding hydrogens is 318 g/mol. The largest absolute Gasteiger partial charge is 0.463 e. The van der Waals surface area contributed by atoms with Crippen molar-refractivity contribution in [3.8, 4) is 5.69 Å². The summed E-state index contributed by atoms with van der Waals surface area (Å²) in [5.41, 5.74) is -0.707. The van der Waals surface area contributed by atoms with Crippen molar-refractivity contribution in [2.75, 3.05) is 6.54 Å². The fourth-order valence-electron chi connectivity index (χ4n) is 2.07. The van der Waals surface area contributed by atoms with E-state index >= 15 is 0 Å². The van der Waals surface area contributed by atoms with E-state index in [1.807, 2.05) is 0 Å². The van der Waals surface area contributed by atoms with Crippen LogP contribution in [0.1, 0.15) is 28.1 Å². The van der Waals surface area contributed by atoms with Gasteiger partial charge in [0.25, 0.3) is 5.91 Å². The molecule has 0 radical (unpaired) electrons. The first-order valence-electron chi connectivity index (χ1n) is 6.86. The molecule has 1 atom stereocenters. The summed E-state index contributed by atoms with van der Waals surface area (Å²) in [6.45, 7) is 3.40. The molecule has 0 aliphatic carbocycles. The molecule has 0 fully saturated rings. The first-order chi connectivity index (χ1) is 11.0. The van der Waals surface area contributed by atoms with Crippen molar-refractivity contribution in [3.63, 3.8) is 0 Å². The molecule has 2 N–H and O–H groups in total. The van der Waals surface area contributed by atoms with Gasteiger partial charge >= 0.3 is 0 Å². The number of amides is 1. The Balaban J connectivity index is 1.72. The number of nitrogens with zero attached hydrogens (tertiary/aromatic N) is 4. The zero-order valence-corrected chi connectivity index (χ0v) is 13.4. The summed E-state index contributed by atoms with van der Waals surface area (Å²) < 4.78 is 6.84. The van der Waals surface area contributed by atoms with Gasteiger partial charge in [0.05, 0.1) is 12.2 Å². The first kappa shape index (κ1) is 15.4. The summed E-state index contributed by atoms with van der Waals surface area (Å²) >= 11 is 1.27. The Kier molecular flexibility index (Phi) is 3.97. The first-order valence-corrected chi connectivity index (χ1v) is 7.74. The van der Waals surface area contributed by atoms with Crippen molar-refractivity contribution in [1.82, 2.24) is 25.5 Å². The Hall–Kier alpha value is -2.52. The third kappa shape index (κ3) is 3.15. The third-order valence-electron chi connectivity index (χ3n) is 3.31. The van der Waals surface area contributed by atoms with Crippen LogP contribution in [0.25, 0.3) is 5.69 Å². The van der Waals surface area contributed by atoms with Crippen molar-refractivity contribution in [1.29, 1.82) is 0 Å². The van der Waals surface area contributed by atoms with E-state index in [0.29, 0.717) is 22.1 Å². The van der Waals surface area contributed by atoms with Crippen LogP contribution in [-0.4, -0.2) is 37.8 Å². The third-order valence-corrected chi connectivity index (χ3v) is 4.21. The molecule has 3 heterocycles. The van der Waals surface area contributed by atoms with E-state index in [0.717, 1.165) is 0 Å². The van der Waals surface area contributed by atoms with Gasteiger partial charge in [-0.15, -0.1) is 16.4 Å². The molecule has 120 valence electrons. The second kappa shape index (κ2) is 5.94. The number of hydrogen-bond acceptors (Lipinski definition) is 7. The second-order valence-electron chi connectivity index (χ2n) is 5.26. The van der Waals surface area contributed by atoms with E-state index in [4.69, 9.17) is 4.42 Å². The predicted molar refractivity (Wildman–Crippen MR) is 82.4 cm³/mol. The molecule has 0 saturated heterocycles. The van der Waals surface area contributed by atoms with Gasteiger partial charge in [-0.2, -0.15) is 4.68 Å². The van der Waals surface area contributed by atoms with Gasteiger partial charge in [0.2, 0.25) is 0 Å². The molecule has 0 bridgehead atoms. The standard InChI is InChI=1S/C14H15N5O3S/c1-9-3-4-11(22-9)14(2,21)7-15-13(20)12-10(5-6-23-12)19-8-16-17-18-19/h3-6,8,21H,7H2,1-2H3,(H,15,20). The van der Waals surface area contributed by atoms with Gasteiger partial charge in [-0.05, 0) is 47.9 Å². The van der Waals surface area contributed by atoms with Gasteiger partial charge in [0, 0.05) is 0 Å². The van der Waals surface area contributed by atoms with Crippen molar-refractivity contribution >= 4 is 17.2 Å². The number of furan rings is 1. The molecule has 1 unspecified atom stereocenters. The predicted octanol–water partition coefficient (Wildman–Crippen LogP) is 1.26. The molecule has 1 amide bonds. The lowest BCUT2D eigenvalue weighted by Gasteiger charge is -2.21. The average Bonchev–Trinajstić information content (AvgIpc) is 3.24. The van der Waals surface area contributed by atoms with Crippen LogP contribution in [-0.2, 0) is 5.60 Å². The lowest BCUT2D eigenvalue weighted by molar-refractivity contribution is 0.0324. The smallest absolute Gasteiger partial charge is 0.263 e. The highest BCUT2D eigenvalue weighted by atomic mass is 32.1. The van der Waals surface area contributed by atoms with Crippen LogP contribution in [0.3, 0.4) is 0 Å². The SMILES string of the molecule is Cc1ccc(C(C)(O)CNC(=O)c2sccc2-n2cnnn2)o1. The van der Waals surface area contributed by atoms with Crippen molar-refractivity contribution in [2.24, 2.45) is 0 Å². The number of nitrogens with one attached hydrogen (secondary N) is 1. The van der Waals surface area contributed by atoms with Crippen molar-refractivity contribution in [3.05, 3.63) is 46.3 Å². The molecule has 3 aromatic heterocycles. The van der Waals surface area contributed by atoms with E-state index in [9.17, 15) is 9.90 Å². The van der Waals surface area contributed by atoms with Crippen LogP contribution in [0, 0.1) is 6.92 Å². The molecule has 0 aliphatic heterocycles. The lowest BCUT2D eigenvalue weighted by atomic mass is 10.0. The molecule has 9 heteroatoms. The maximum atomic E-state index is 12.4. The fraction of sp³-hybridized carbons (Fsp3) is 0.286. The number of tetrazole rings is 1. The normalized spacial score (nSPS) is 13.7. The Morgan fingerprint density at radius 3 is 2.96 bits per heavy atom. The minimum atomic E-state index is -1.30. The molecule has 8 nitrogen and oxygen atoms in total. The Morgan fingerprint density at radius 1 is 1.48 bits per heavy atom. The summed E-state index contributed by atoms with van der Waals surface area (Å²) in [5.74, 6) is 0.794. The molecular formula is C14H15N5O3S. The number of aromatic nitrogens is 4. The zero-order valence-electron chi connectivity index (χ0n) is 12.6. The van der Waals surface area contributed by atoms with Gasteiger partial charge in [-0.3, -0.25) is 4.79 Å². The van der Waals surface area contributed by atoms with Gasteiger partial charge in [0.15, 0.2) is 0 Å². The number of carbonyl (C=O) groups excluding carboxylic acids is 1. The Labute approximate surface area is 135 Å². The van der Waals surface area contributed by atoms with E-state index in [2.05, 4.69) is 20.8 Å². The Bertz CT molecular complexity index is 806. The monoisotopic (exact) mass is 333 g/mol. The van der Waals surface area contributed by atoms with Gasteiger partial charge in [-0.1, -0.05) is 0 Å². The van der Waals surface area contributed by atoms with Gasteiger partial charge < -0.3 is 14.8 Å². The number of hydrogen-bond donors (Lipinski definition) is 2. The summed E-state index contributed by atoms with van der Waals surface area (Å²) in [6, 6.07) is 5.21. The Morgan fingerprint density at radius 2 is 2.30 bits per heavy atom. The molecule has 0 spiro atoms. The minimum Gasteiger partial charge on any atom is -0.463 e. The number of carbonyl (C=O) groups is 1. The maximum Gasteiger partial charge on any atom is 0.263 e. The maximum absolute atomic E-state index is 12.4. The summed E-state index contributed by atoms with van der Waals surface area (Å²) in [6.07, 6.45) is 1.42. The fourth-order valence-corrected chi connectivity index (χ4v) is 2.86. The highest BCUT2D eigenvalue weighted by Crippen LogP contribution is 2.23. The average molecular weight is 333 g/mol. The van der Waals surface area contributed by atoms with Crippen LogP contribution < -0.4 is 5.32 Å².